The summed E-state index contributed by atoms with van der Waals surface area (Å²) in [5.74, 6) is 0.440. The number of nitrogens with zero attached hydrogens (tertiary/aromatic N) is 6. The summed E-state index contributed by atoms with van der Waals surface area (Å²) < 4.78 is 0.262. The first-order valence-corrected chi connectivity index (χ1v) is 12.8. The summed E-state index contributed by atoms with van der Waals surface area (Å²) in [5.41, 5.74) is 10.5. The van der Waals surface area contributed by atoms with Crippen molar-refractivity contribution < 1.29 is 0 Å². The van der Waals surface area contributed by atoms with Gasteiger partial charge in [-0.1, -0.05) is 41.1 Å². The number of H-pyrrole nitrogens is 1. The van der Waals surface area contributed by atoms with Crippen LogP contribution in [-0.4, -0.2) is 63.2 Å². The van der Waals surface area contributed by atoms with Gasteiger partial charge < -0.3 is 20.9 Å². The number of aromatic nitrogens is 3. The molecule has 4 N–H and O–H groups in total. The number of piperazine rings is 1. The average Bonchev–Trinajstić information content (AvgIpc) is 2.88. The number of aromatic amines is 1. The van der Waals surface area contributed by atoms with Crippen molar-refractivity contribution in [1.29, 1.82) is 0 Å². The Morgan fingerprint density at radius 1 is 1.03 bits per heavy atom. The fraction of sp³-hybridized carbons (Fsp3) is 0.200. The maximum atomic E-state index is 6.15. The van der Waals surface area contributed by atoms with Crippen LogP contribution in [0.3, 0.4) is 0 Å². The number of likely N-dealkylation sites (N-methyl/N-ethyl adjacent to an activating group) is 1. The normalized spacial score (nSPS) is 14.4. The molecule has 1 fully saturated rings. The third-order valence-electron chi connectivity index (χ3n) is 6.02. The van der Waals surface area contributed by atoms with Crippen molar-refractivity contribution in [3.63, 3.8) is 0 Å². The molecule has 1 aliphatic rings. The maximum absolute atomic E-state index is 6.15. The summed E-state index contributed by atoms with van der Waals surface area (Å²) in [7, 11) is 2.11. The van der Waals surface area contributed by atoms with Gasteiger partial charge in [-0.05, 0) is 72.9 Å². The van der Waals surface area contributed by atoms with E-state index >= 15 is 0 Å². The minimum atomic E-state index is 0.0851. The summed E-state index contributed by atoms with van der Waals surface area (Å²) in [6.07, 6.45) is 0. The van der Waals surface area contributed by atoms with Gasteiger partial charge in [-0.3, -0.25) is 5.01 Å². The topological polar surface area (TPSA) is 111 Å². The van der Waals surface area contributed by atoms with Gasteiger partial charge in [0.25, 0.3) is 0 Å². The molecule has 0 saturated carbocycles. The summed E-state index contributed by atoms with van der Waals surface area (Å²) >= 11 is 16.6. The van der Waals surface area contributed by atoms with Crippen LogP contribution in [0.1, 0.15) is 0 Å². The average molecular weight is 550 g/mol. The Morgan fingerprint density at radius 2 is 1.70 bits per heavy atom. The number of nitrogens with two attached hydrogens (primary N) is 1. The van der Waals surface area contributed by atoms with E-state index in [0.717, 1.165) is 54.3 Å². The van der Waals surface area contributed by atoms with E-state index in [1.807, 2.05) is 59.6 Å². The van der Waals surface area contributed by atoms with Gasteiger partial charge in [-0.15, -0.1) is 5.11 Å². The van der Waals surface area contributed by atoms with Gasteiger partial charge >= 0.3 is 0 Å². The van der Waals surface area contributed by atoms with Crippen LogP contribution in [0.25, 0.3) is 33.4 Å². The third-order valence-corrected chi connectivity index (χ3v) is 6.57. The van der Waals surface area contributed by atoms with E-state index in [-0.39, 0.29) is 9.88 Å². The van der Waals surface area contributed by atoms with Crippen LogP contribution in [0.5, 0.6) is 0 Å². The largest absolute Gasteiger partial charge is 0.376 e. The second kappa shape index (κ2) is 10.9. The Hall–Kier alpha value is -3.51. The minimum absolute atomic E-state index is 0.0851. The molecule has 12 heteroatoms. The zero-order valence-electron chi connectivity index (χ0n) is 20.0. The van der Waals surface area contributed by atoms with E-state index in [1.165, 1.54) is 0 Å². The van der Waals surface area contributed by atoms with Crippen LogP contribution in [0.15, 0.2) is 64.9 Å². The zero-order valence-corrected chi connectivity index (χ0v) is 22.4. The number of halogens is 1. The molecule has 0 aliphatic carbocycles. The lowest BCUT2D eigenvalue weighted by Gasteiger charge is -2.29. The van der Waals surface area contributed by atoms with Crippen molar-refractivity contribution in [2.45, 2.75) is 0 Å². The first kappa shape index (κ1) is 25.2. The molecular weight excluding hydrogens is 526 g/mol. The van der Waals surface area contributed by atoms with Crippen molar-refractivity contribution in [2.24, 2.45) is 16.1 Å². The fourth-order valence-electron chi connectivity index (χ4n) is 4.07. The summed E-state index contributed by atoms with van der Waals surface area (Å²) in [5, 5.41) is 15.2. The lowest BCUT2D eigenvalue weighted by atomic mass is 9.99. The summed E-state index contributed by atoms with van der Waals surface area (Å²) in [6, 6.07) is 17.4. The second-order valence-electron chi connectivity index (χ2n) is 8.66. The number of rotatable bonds is 5. The van der Waals surface area contributed by atoms with Gasteiger partial charge in [0.15, 0.2) is 9.88 Å². The Labute approximate surface area is 229 Å². The van der Waals surface area contributed by atoms with Gasteiger partial charge in [0.1, 0.15) is 11.5 Å². The molecule has 188 valence electrons. The lowest BCUT2D eigenvalue weighted by Crippen LogP contribution is -2.41. The number of thiocarbonyl (C=S) groups is 1. The lowest BCUT2D eigenvalue weighted by molar-refractivity contribution is 0.150. The highest BCUT2D eigenvalue weighted by atomic mass is 35.5. The zero-order chi connectivity index (χ0) is 25.9. The molecule has 3 heterocycles. The van der Waals surface area contributed by atoms with Crippen molar-refractivity contribution >= 4 is 63.7 Å². The molecule has 4 aromatic rings. The van der Waals surface area contributed by atoms with E-state index in [0.29, 0.717) is 21.9 Å². The van der Waals surface area contributed by atoms with Crippen LogP contribution in [0.4, 0.5) is 11.5 Å². The van der Waals surface area contributed by atoms with Gasteiger partial charge in [-0.2, -0.15) is 0 Å². The molecule has 0 amide bonds. The number of anilines is 1. The molecule has 0 unspecified atom stereocenters. The van der Waals surface area contributed by atoms with Gasteiger partial charge in [0.05, 0.1) is 29.9 Å². The van der Waals surface area contributed by atoms with E-state index in [9.17, 15) is 0 Å². The van der Waals surface area contributed by atoms with Crippen molar-refractivity contribution in [3.8, 4) is 22.4 Å². The molecule has 0 radical (unpaired) electrons. The van der Waals surface area contributed by atoms with Crippen LogP contribution in [0, 0.1) is 4.77 Å². The summed E-state index contributed by atoms with van der Waals surface area (Å²) in [6.45, 7) is 3.70. The Kier molecular flexibility index (Phi) is 7.38. The van der Waals surface area contributed by atoms with Gasteiger partial charge in [-0.25, -0.2) is 9.97 Å². The maximum Gasteiger partial charge on any atom is 0.200 e. The fourth-order valence-corrected chi connectivity index (χ4v) is 4.48. The van der Waals surface area contributed by atoms with Crippen LogP contribution in [-0.2, 0) is 0 Å². The number of hydrogen-bond donors (Lipinski definition) is 3. The molecule has 9 nitrogen and oxygen atoms in total. The van der Waals surface area contributed by atoms with E-state index in [2.05, 4.69) is 37.6 Å². The molecule has 0 bridgehead atoms. The van der Waals surface area contributed by atoms with E-state index < -0.39 is 0 Å². The summed E-state index contributed by atoms with van der Waals surface area (Å²) in [4.78, 5) is 14.6. The molecule has 37 heavy (non-hydrogen) atoms. The smallest absolute Gasteiger partial charge is 0.200 e. The van der Waals surface area contributed by atoms with Crippen molar-refractivity contribution in [2.75, 3.05) is 38.5 Å². The first-order valence-electron chi connectivity index (χ1n) is 11.6. The highest BCUT2D eigenvalue weighted by Crippen LogP contribution is 2.35. The van der Waals surface area contributed by atoms with Crippen LogP contribution in [0.2, 0.25) is 5.02 Å². The van der Waals surface area contributed by atoms with E-state index in [1.54, 1.807) is 0 Å². The molecule has 2 aromatic heterocycles. The predicted octanol–water partition coefficient (Wildman–Crippen LogP) is 5.58. The quantitative estimate of drug-likeness (QED) is 0.219. The second-order valence-corrected chi connectivity index (χ2v) is 9.92. The monoisotopic (exact) mass is 549 g/mol. The van der Waals surface area contributed by atoms with Crippen LogP contribution < -0.4 is 11.1 Å². The highest BCUT2D eigenvalue weighted by molar-refractivity contribution is 7.80. The third kappa shape index (κ3) is 5.91. The van der Waals surface area contributed by atoms with Crippen molar-refractivity contribution in [1.82, 2.24) is 24.9 Å². The minimum Gasteiger partial charge on any atom is -0.376 e. The standard InChI is InChI=1S/C25H24ClN9S2/c1-34-10-12-35(13-11-34)33-32-18-8-4-16(5-9-18)20-14-19(15-2-6-17(26)7-3-15)21-22(28-20)30-25(37)31-23(21)29-24(27)36/h2-9,14H,10-13H2,1H3,(H4,27,28,29,30,31,36,37). The van der Waals surface area contributed by atoms with Crippen LogP contribution >= 0.6 is 36.0 Å². The number of nitrogens with one attached hydrogen (secondary N) is 2. The van der Waals surface area contributed by atoms with Gasteiger partial charge in [0.2, 0.25) is 0 Å². The molecular formula is C25H24ClN9S2. The molecule has 0 atom stereocenters. The Bertz CT molecular complexity index is 1530. The number of benzene rings is 2. The number of fused-ring (bicyclic) bond motifs is 1. The highest BCUT2D eigenvalue weighted by Gasteiger charge is 2.16. The Balaban J connectivity index is 1.55. The SMILES string of the molecule is CN1CCN(N=Nc2ccc(-c3cc(-c4ccc(Cl)cc4)c4c(NC(N)=S)nc(=S)[nH]c4n3)cc2)CC1. The Morgan fingerprint density at radius 3 is 2.38 bits per heavy atom. The number of pyridine rings is 1. The predicted molar refractivity (Wildman–Crippen MR) is 155 cm³/mol. The molecule has 0 spiro atoms. The molecule has 2 aromatic carbocycles. The van der Waals surface area contributed by atoms with Crippen molar-refractivity contribution in [3.05, 3.63) is 64.4 Å². The molecule has 1 aliphatic heterocycles. The molecule has 5 rings (SSSR count). The first-order chi connectivity index (χ1) is 17.9. The number of hydrogen-bond acceptors (Lipinski definition) is 7. The molecule has 1 saturated heterocycles. The van der Waals surface area contributed by atoms with E-state index in [4.69, 9.17) is 46.8 Å². The van der Waals surface area contributed by atoms with Gasteiger partial charge in [0, 0.05) is 23.7 Å².